The Morgan fingerprint density at radius 3 is 2.68 bits per heavy atom. The molecule has 0 aromatic heterocycles. The van der Waals surface area contributed by atoms with Crippen molar-refractivity contribution < 1.29 is 19.1 Å². The van der Waals surface area contributed by atoms with Crippen LogP contribution in [0.4, 0.5) is 4.79 Å². The molecule has 1 aromatic rings. The average molecular weight is 262 g/mol. The summed E-state index contributed by atoms with van der Waals surface area (Å²) in [6.07, 6.45) is 0.319. The molecule has 3 amide bonds. The molecule has 0 unspecified atom stereocenters. The van der Waals surface area contributed by atoms with Crippen molar-refractivity contribution in [1.29, 1.82) is 0 Å². The molecule has 0 radical (unpaired) electrons. The molecule has 1 heterocycles. The lowest BCUT2D eigenvalue weighted by Crippen LogP contribution is -2.45. The zero-order chi connectivity index (χ0) is 14.0. The molecule has 19 heavy (non-hydrogen) atoms. The molecule has 1 fully saturated rings. The lowest BCUT2D eigenvalue weighted by Gasteiger charge is -2.20. The molecule has 0 bridgehead atoms. The first-order valence-electron chi connectivity index (χ1n) is 5.80. The fraction of sp³-hybridized carbons (Fsp3) is 0.308. The van der Waals surface area contributed by atoms with E-state index >= 15 is 0 Å². The second-order valence-electron chi connectivity index (χ2n) is 4.66. The van der Waals surface area contributed by atoms with Crippen LogP contribution in [0.1, 0.15) is 19.4 Å². The molecule has 2 rings (SSSR count). The number of carbonyl (C=O) groups is 3. The maximum absolute atomic E-state index is 11.7. The van der Waals surface area contributed by atoms with Gasteiger partial charge in [-0.15, -0.1) is 0 Å². The van der Waals surface area contributed by atoms with Crippen LogP contribution in [0.15, 0.2) is 24.3 Å². The van der Waals surface area contributed by atoms with E-state index in [1.165, 1.54) is 6.92 Å². The minimum atomic E-state index is -0.980. The monoisotopic (exact) mass is 262 g/mol. The summed E-state index contributed by atoms with van der Waals surface area (Å²) < 4.78 is 4.97. The molecule has 0 saturated carbocycles. The molecule has 2 N–H and O–H groups in total. The summed E-state index contributed by atoms with van der Waals surface area (Å²) >= 11 is 0. The van der Waals surface area contributed by atoms with Crippen LogP contribution in [0.3, 0.4) is 0 Å². The molecule has 100 valence electrons. The Morgan fingerprint density at radius 2 is 2.11 bits per heavy atom. The number of hydrogen-bond donors (Lipinski definition) is 2. The standard InChI is InChI=1S/C13H14N2O4/c1-8(16)19-10-5-3-4-9(6-10)7-13(2)11(17)14-12(18)15-13/h3-6H,7H2,1-2H3,(H2,14,15,17,18)/t13-/m0/s1. The van der Waals surface area contributed by atoms with Crippen molar-refractivity contribution in [2.45, 2.75) is 25.8 Å². The van der Waals surface area contributed by atoms with E-state index < -0.39 is 17.5 Å². The van der Waals surface area contributed by atoms with Gasteiger partial charge in [0.05, 0.1) is 0 Å². The number of rotatable bonds is 3. The number of urea groups is 1. The molecular weight excluding hydrogens is 248 g/mol. The largest absolute Gasteiger partial charge is 0.427 e. The summed E-state index contributed by atoms with van der Waals surface area (Å²) in [5.74, 6) is -0.357. The maximum Gasteiger partial charge on any atom is 0.322 e. The van der Waals surface area contributed by atoms with Crippen molar-refractivity contribution in [3.05, 3.63) is 29.8 Å². The predicted octanol–water partition coefficient (Wildman–Crippen LogP) is 0.752. The van der Waals surface area contributed by atoms with E-state index in [9.17, 15) is 14.4 Å². The van der Waals surface area contributed by atoms with Crippen LogP contribution >= 0.6 is 0 Å². The summed E-state index contributed by atoms with van der Waals surface area (Å²) in [5.41, 5.74) is -0.190. The predicted molar refractivity (Wildman–Crippen MR) is 66.5 cm³/mol. The lowest BCUT2D eigenvalue weighted by atomic mass is 9.93. The SMILES string of the molecule is CC(=O)Oc1cccc(C[C@]2(C)NC(=O)NC2=O)c1. The smallest absolute Gasteiger partial charge is 0.322 e. The van der Waals surface area contributed by atoms with Gasteiger partial charge >= 0.3 is 12.0 Å². The first kappa shape index (κ1) is 13.1. The summed E-state index contributed by atoms with van der Waals surface area (Å²) in [5, 5.41) is 4.78. The van der Waals surface area contributed by atoms with E-state index in [2.05, 4.69) is 10.6 Å². The highest BCUT2D eigenvalue weighted by Gasteiger charge is 2.41. The second-order valence-corrected chi connectivity index (χ2v) is 4.66. The molecule has 1 saturated heterocycles. The number of carbonyl (C=O) groups excluding carboxylic acids is 3. The van der Waals surface area contributed by atoms with Gasteiger partial charge in [0.15, 0.2) is 0 Å². The van der Waals surface area contributed by atoms with Gasteiger partial charge in [-0.25, -0.2) is 4.79 Å². The van der Waals surface area contributed by atoms with Gasteiger partial charge in [0.2, 0.25) is 0 Å². The number of esters is 1. The highest BCUT2D eigenvalue weighted by molar-refractivity contribution is 6.06. The number of imide groups is 1. The topological polar surface area (TPSA) is 84.5 Å². The molecular formula is C13H14N2O4. The van der Waals surface area contributed by atoms with Crippen molar-refractivity contribution in [3.8, 4) is 5.75 Å². The van der Waals surface area contributed by atoms with E-state index in [0.29, 0.717) is 12.2 Å². The Balaban J connectivity index is 2.17. The highest BCUT2D eigenvalue weighted by Crippen LogP contribution is 2.20. The first-order chi connectivity index (χ1) is 8.89. The lowest BCUT2D eigenvalue weighted by molar-refractivity contribution is -0.132. The van der Waals surface area contributed by atoms with Gasteiger partial charge < -0.3 is 10.1 Å². The Morgan fingerprint density at radius 1 is 1.37 bits per heavy atom. The van der Waals surface area contributed by atoms with Crippen LogP contribution in [-0.4, -0.2) is 23.4 Å². The molecule has 0 spiro atoms. The van der Waals surface area contributed by atoms with Crippen molar-refractivity contribution in [2.75, 3.05) is 0 Å². The molecule has 0 aliphatic carbocycles. The zero-order valence-electron chi connectivity index (χ0n) is 10.6. The fourth-order valence-corrected chi connectivity index (χ4v) is 2.00. The van der Waals surface area contributed by atoms with Gasteiger partial charge in [-0.05, 0) is 24.6 Å². The average Bonchev–Trinajstić information content (AvgIpc) is 2.51. The number of nitrogens with one attached hydrogen (secondary N) is 2. The number of ether oxygens (including phenoxy) is 1. The Bertz CT molecular complexity index is 555. The number of hydrogen-bond acceptors (Lipinski definition) is 4. The van der Waals surface area contributed by atoms with Gasteiger partial charge in [-0.1, -0.05) is 12.1 Å². The van der Waals surface area contributed by atoms with E-state index in [0.717, 1.165) is 5.56 Å². The molecule has 6 heteroatoms. The molecule has 6 nitrogen and oxygen atoms in total. The van der Waals surface area contributed by atoms with Crippen LogP contribution in [0.25, 0.3) is 0 Å². The molecule has 1 aliphatic rings. The summed E-state index contributed by atoms with van der Waals surface area (Å²) in [7, 11) is 0. The van der Waals surface area contributed by atoms with Gasteiger partial charge in [-0.3, -0.25) is 14.9 Å². The van der Waals surface area contributed by atoms with Crippen molar-refractivity contribution in [2.24, 2.45) is 0 Å². The van der Waals surface area contributed by atoms with E-state index in [1.54, 1.807) is 31.2 Å². The highest BCUT2D eigenvalue weighted by atomic mass is 16.5. The molecule has 1 aliphatic heterocycles. The van der Waals surface area contributed by atoms with Crippen LogP contribution in [0, 0.1) is 0 Å². The van der Waals surface area contributed by atoms with Crippen LogP contribution < -0.4 is 15.4 Å². The van der Waals surface area contributed by atoms with Gasteiger partial charge in [0.25, 0.3) is 5.91 Å². The third kappa shape index (κ3) is 2.90. The van der Waals surface area contributed by atoms with Crippen LogP contribution in [0.2, 0.25) is 0 Å². The summed E-state index contributed by atoms with van der Waals surface area (Å²) in [4.78, 5) is 33.7. The third-order valence-corrected chi connectivity index (χ3v) is 2.84. The van der Waals surface area contributed by atoms with Crippen molar-refractivity contribution in [3.63, 3.8) is 0 Å². The van der Waals surface area contributed by atoms with Crippen LogP contribution in [-0.2, 0) is 16.0 Å². The molecule has 1 atom stereocenters. The van der Waals surface area contributed by atoms with E-state index in [1.807, 2.05) is 0 Å². The van der Waals surface area contributed by atoms with Crippen LogP contribution in [0.5, 0.6) is 5.75 Å². The second kappa shape index (κ2) is 4.72. The Kier molecular flexibility index (Phi) is 3.25. The van der Waals surface area contributed by atoms with Gasteiger partial charge in [0.1, 0.15) is 11.3 Å². The van der Waals surface area contributed by atoms with E-state index in [4.69, 9.17) is 4.74 Å². The minimum absolute atomic E-state index is 0.319. The third-order valence-electron chi connectivity index (χ3n) is 2.84. The Labute approximate surface area is 110 Å². The summed E-state index contributed by atoms with van der Waals surface area (Å²) in [6, 6.07) is 6.36. The first-order valence-corrected chi connectivity index (χ1v) is 5.80. The molecule has 1 aromatic carbocycles. The number of amides is 3. The maximum atomic E-state index is 11.7. The Hall–Kier alpha value is -2.37. The summed E-state index contributed by atoms with van der Waals surface area (Å²) in [6.45, 7) is 2.96. The van der Waals surface area contributed by atoms with E-state index in [-0.39, 0.29) is 5.91 Å². The number of benzene rings is 1. The van der Waals surface area contributed by atoms with Crippen molar-refractivity contribution in [1.82, 2.24) is 10.6 Å². The quantitative estimate of drug-likeness (QED) is 0.478. The van der Waals surface area contributed by atoms with Gasteiger partial charge in [-0.2, -0.15) is 0 Å². The normalized spacial score (nSPS) is 21.8. The minimum Gasteiger partial charge on any atom is -0.427 e. The van der Waals surface area contributed by atoms with Crippen molar-refractivity contribution >= 4 is 17.9 Å². The zero-order valence-corrected chi connectivity index (χ0v) is 10.6. The fourth-order valence-electron chi connectivity index (χ4n) is 2.00. The van der Waals surface area contributed by atoms with Gasteiger partial charge in [0, 0.05) is 13.3 Å².